The lowest BCUT2D eigenvalue weighted by molar-refractivity contribution is 0.0745. The maximum atomic E-state index is 13.1. The minimum absolute atomic E-state index is 0.0804. The number of hydrogen-bond donors (Lipinski definition) is 1. The first-order valence-corrected chi connectivity index (χ1v) is 10.8. The lowest BCUT2D eigenvalue weighted by atomic mass is 10.0. The first-order chi connectivity index (χ1) is 15.0. The van der Waals surface area contributed by atoms with Crippen LogP contribution in [0.25, 0.3) is 0 Å². The number of fused-ring (bicyclic) bond motifs is 1. The molecule has 6 nitrogen and oxygen atoms in total. The maximum absolute atomic E-state index is 13.1. The van der Waals surface area contributed by atoms with Crippen molar-refractivity contribution in [2.75, 3.05) is 13.1 Å². The number of nitrogens with zero attached hydrogens (tertiary/aromatic N) is 3. The van der Waals surface area contributed by atoms with E-state index in [4.69, 9.17) is 0 Å². The van der Waals surface area contributed by atoms with E-state index in [2.05, 4.69) is 35.5 Å². The second-order valence-corrected chi connectivity index (χ2v) is 8.23. The standard InChI is InChI=1S/C25H28N4O2/c1-18-8-6-9-20(14-18)17-28-12-7-13-29-23(25(28)31)15-22(27-29)24(30)26-16-19(2)21-10-4-3-5-11-21/h3-6,8-11,14-15,19H,7,12-13,16-17H2,1-2H3,(H,26,30)/t19-/m1/s1. The Morgan fingerprint density at radius 3 is 2.68 bits per heavy atom. The Bertz CT molecular complexity index is 1070. The summed E-state index contributed by atoms with van der Waals surface area (Å²) in [6.07, 6.45) is 0.804. The van der Waals surface area contributed by atoms with E-state index in [1.54, 1.807) is 10.7 Å². The predicted octanol–water partition coefficient (Wildman–Crippen LogP) is 3.77. The SMILES string of the molecule is Cc1cccc(CN2CCCn3nc(C(=O)NC[C@@H](C)c4ccccc4)cc3C2=O)c1. The van der Waals surface area contributed by atoms with Crippen LogP contribution in [-0.2, 0) is 13.1 Å². The molecule has 1 aliphatic heterocycles. The molecule has 1 aromatic heterocycles. The highest BCUT2D eigenvalue weighted by Gasteiger charge is 2.26. The Hall–Kier alpha value is -3.41. The van der Waals surface area contributed by atoms with Crippen LogP contribution in [0.1, 0.15) is 56.9 Å². The average Bonchev–Trinajstić information content (AvgIpc) is 3.15. The molecule has 1 aliphatic rings. The number of carbonyl (C=O) groups is 2. The molecule has 31 heavy (non-hydrogen) atoms. The van der Waals surface area contributed by atoms with Gasteiger partial charge in [0.2, 0.25) is 0 Å². The zero-order valence-electron chi connectivity index (χ0n) is 18.0. The minimum atomic E-state index is -0.249. The van der Waals surface area contributed by atoms with E-state index < -0.39 is 0 Å². The molecule has 0 saturated heterocycles. The predicted molar refractivity (Wildman–Crippen MR) is 120 cm³/mol. The third-order valence-electron chi connectivity index (χ3n) is 5.71. The molecule has 1 N–H and O–H groups in total. The molecule has 6 heteroatoms. The summed E-state index contributed by atoms with van der Waals surface area (Å²) >= 11 is 0. The Morgan fingerprint density at radius 1 is 1.10 bits per heavy atom. The summed E-state index contributed by atoms with van der Waals surface area (Å²) < 4.78 is 1.67. The van der Waals surface area contributed by atoms with Crippen molar-refractivity contribution in [1.82, 2.24) is 20.0 Å². The molecule has 0 radical (unpaired) electrons. The Kier molecular flexibility index (Phi) is 6.16. The van der Waals surface area contributed by atoms with E-state index in [0.29, 0.717) is 37.6 Å². The highest BCUT2D eigenvalue weighted by Crippen LogP contribution is 2.18. The van der Waals surface area contributed by atoms with Crippen LogP contribution in [-0.4, -0.2) is 39.6 Å². The van der Waals surface area contributed by atoms with Crippen LogP contribution in [0.2, 0.25) is 0 Å². The van der Waals surface area contributed by atoms with Crippen molar-refractivity contribution in [1.29, 1.82) is 0 Å². The molecule has 0 aliphatic carbocycles. The number of aromatic nitrogens is 2. The first kappa shape index (κ1) is 20.8. The van der Waals surface area contributed by atoms with E-state index in [9.17, 15) is 9.59 Å². The Morgan fingerprint density at radius 2 is 1.90 bits per heavy atom. The monoisotopic (exact) mass is 416 g/mol. The van der Waals surface area contributed by atoms with Gasteiger partial charge in [0.05, 0.1) is 0 Å². The number of hydrogen-bond acceptors (Lipinski definition) is 3. The van der Waals surface area contributed by atoms with Gasteiger partial charge in [0.15, 0.2) is 5.69 Å². The molecule has 2 amide bonds. The van der Waals surface area contributed by atoms with Crippen LogP contribution in [0.3, 0.4) is 0 Å². The fraction of sp³-hybridized carbons (Fsp3) is 0.320. The number of rotatable bonds is 6. The molecule has 0 bridgehead atoms. The summed E-state index contributed by atoms with van der Waals surface area (Å²) in [5.41, 5.74) is 4.22. The van der Waals surface area contributed by atoms with Gasteiger partial charge in [-0.15, -0.1) is 0 Å². The smallest absolute Gasteiger partial charge is 0.272 e. The average molecular weight is 417 g/mol. The summed E-state index contributed by atoms with van der Waals surface area (Å²) in [5.74, 6) is -0.137. The third-order valence-corrected chi connectivity index (χ3v) is 5.71. The minimum Gasteiger partial charge on any atom is -0.350 e. The van der Waals surface area contributed by atoms with E-state index in [1.165, 1.54) is 11.1 Å². The molecule has 1 atom stereocenters. The number of amides is 2. The first-order valence-electron chi connectivity index (χ1n) is 10.8. The van der Waals surface area contributed by atoms with Gasteiger partial charge < -0.3 is 10.2 Å². The van der Waals surface area contributed by atoms with Crippen LogP contribution in [0.4, 0.5) is 0 Å². The van der Waals surface area contributed by atoms with Crippen LogP contribution in [0, 0.1) is 6.92 Å². The van der Waals surface area contributed by atoms with Gasteiger partial charge >= 0.3 is 0 Å². The van der Waals surface area contributed by atoms with Gasteiger partial charge in [-0.25, -0.2) is 0 Å². The molecule has 0 saturated carbocycles. The Labute approximate surface area is 182 Å². The van der Waals surface area contributed by atoms with Crippen molar-refractivity contribution in [2.24, 2.45) is 0 Å². The van der Waals surface area contributed by atoms with Gasteiger partial charge in [-0.05, 0) is 30.4 Å². The lowest BCUT2D eigenvalue weighted by Crippen LogP contribution is -2.30. The molecule has 2 heterocycles. The number of carbonyl (C=O) groups excluding carboxylic acids is 2. The number of benzene rings is 2. The summed E-state index contributed by atoms with van der Waals surface area (Å²) in [6.45, 7) is 6.49. The van der Waals surface area contributed by atoms with Gasteiger partial charge in [-0.3, -0.25) is 14.3 Å². The lowest BCUT2D eigenvalue weighted by Gasteiger charge is -2.20. The van der Waals surface area contributed by atoms with E-state index in [-0.39, 0.29) is 17.7 Å². The maximum Gasteiger partial charge on any atom is 0.272 e. The summed E-state index contributed by atoms with van der Waals surface area (Å²) in [4.78, 5) is 27.7. The van der Waals surface area contributed by atoms with Gasteiger partial charge in [0.1, 0.15) is 5.69 Å². The zero-order chi connectivity index (χ0) is 21.8. The summed E-state index contributed by atoms with van der Waals surface area (Å²) in [6, 6.07) is 19.9. The molecule has 4 rings (SSSR count). The van der Waals surface area contributed by atoms with Crippen molar-refractivity contribution in [3.05, 3.63) is 88.7 Å². The highest BCUT2D eigenvalue weighted by atomic mass is 16.2. The second-order valence-electron chi connectivity index (χ2n) is 8.23. The van der Waals surface area contributed by atoms with Gasteiger partial charge in [-0.1, -0.05) is 67.1 Å². The quantitative estimate of drug-likeness (QED) is 0.665. The molecule has 2 aromatic carbocycles. The van der Waals surface area contributed by atoms with Gasteiger partial charge in [-0.2, -0.15) is 5.10 Å². The fourth-order valence-corrected chi connectivity index (χ4v) is 3.96. The van der Waals surface area contributed by atoms with E-state index >= 15 is 0 Å². The van der Waals surface area contributed by atoms with Gasteiger partial charge in [0, 0.05) is 32.2 Å². The Balaban J connectivity index is 1.44. The molecular formula is C25H28N4O2. The molecule has 0 fully saturated rings. The van der Waals surface area contributed by atoms with Crippen molar-refractivity contribution < 1.29 is 9.59 Å². The second kappa shape index (κ2) is 9.16. The van der Waals surface area contributed by atoms with Gasteiger partial charge in [0.25, 0.3) is 11.8 Å². The van der Waals surface area contributed by atoms with Crippen molar-refractivity contribution in [2.45, 2.75) is 39.3 Å². The fourth-order valence-electron chi connectivity index (χ4n) is 3.96. The van der Waals surface area contributed by atoms with Crippen molar-refractivity contribution in [3.63, 3.8) is 0 Å². The number of aryl methyl sites for hydroxylation is 2. The van der Waals surface area contributed by atoms with Crippen LogP contribution in [0.15, 0.2) is 60.7 Å². The zero-order valence-corrected chi connectivity index (χ0v) is 18.0. The van der Waals surface area contributed by atoms with Crippen LogP contribution in [0.5, 0.6) is 0 Å². The van der Waals surface area contributed by atoms with Crippen LogP contribution >= 0.6 is 0 Å². The highest BCUT2D eigenvalue weighted by molar-refractivity contribution is 5.98. The normalized spacial score (nSPS) is 14.6. The largest absolute Gasteiger partial charge is 0.350 e. The molecular weight excluding hydrogens is 388 g/mol. The van der Waals surface area contributed by atoms with E-state index in [0.717, 1.165) is 12.0 Å². The number of nitrogens with one attached hydrogen (secondary N) is 1. The third kappa shape index (κ3) is 4.85. The summed E-state index contributed by atoms with van der Waals surface area (Å²) in [5, 5.41) is 7.38. The van der Waals surface area contributed by atoms with Crippen molar-refractivity contribution in [3.8, 4) is 0 Å². The topological polar surface area (TPSA) is 67.2 Å². The molecule has 0 spiro atoms. The van der Waals surface area contributed by atoms with Crippen molar-refractivity contribution >= 4 is 11.8 Å². The van der Waals surface area contributed by atoms with E-state index in [1.807, 2.05) is 48.2 Å². The molecule has 160 valence electrons. The molecule has 0 unspecified atom stereocenters. The summed E-state index contributed by atoms with van der Waals surface area (Å²) in [7, 11) is 0. The molecule has 3 aromatic rings. The van der Waals surface area contributed by atoms with Crippen LogP contribution < -0.4 is 5.32 Å².